The van der Waals surface area contributed by atoms with Gasteiger partial charge in [0.15, 0.2) is 5.82 Å². The van der Waals surface area contributed by atoms with Gasteiger partial charge in [-0.05, 0) is 30.2 Å². The minimum atomic E-state index is -0.343. The Morgan fingerprint density at radius 2 is 1.62 bits per heavy atom. The smallest absolute Gasteiger partial charge is 0.291 e. The fourth-order valence-corrected chi connectivity index (χ4v) is 5.47. The molecular weight excluding hydrogens is 468 g/mol. The quantitative estimate of drug-likeness (QED) is 0.384. The molecule has 0 unspecified atom stereocenters. The van der Waals surface area contributed by atoms with Crippen LogP contribution in [-0.4, -0.2) is 20.5 Å². The summed E-state index contributed by atoms with van der Waals surface area (Å²) in [6.07, 6.45) is 0. The summed E-state index contributed by atoms with van der Waals surface area (Å²) < 4.78 is 1.63. The van der Waals surface area contributed by atoms with Crippen LogP contribution in [0.5, 0.6) is 0 Å². The number of anilines is 1. The highest BCUT2D eigenvalue weighted by atomic mass is 35.5. The number of aromatic nitrogens is 3. The maximum atomic E-state index is 13.6. The Bertz CT molecular complexity index is 1720. The van der Waals surface area contributed by atoms with Gasteiger partial charge in [0, 0.05) is 16.1 Å². The SMILES string of the molecule is Cc1ccccc1-c1nc2s/c(=C3/C(=O)N(Cc4ccccc4Cl)c4ccccc43)c(=O)n2n1. The van der Waals surface area contributed by atoms with Gasteiger partial charge in [-0.25, -0.2) is 0 Å². The molecule has 0 saturated carbocycles. The summed E-state index contributed by atoms with van der Waals surface area (Å²) in [5, 5.41) is 5.05. The molecule has 1 amide bonds. The van der Waals surface area contributed by atoms with Gasteiger partial charge >= 0.3 is 0 Å². The molecule has 0 bridgehead atoms. The number of halogens is 1. The van der Waals surface area contributed by atoms with Gasteiger partial charge in [-0.15, -0.1) is 5.10 Å². The van der Waals surface area contributed by atoms with Gasteiger partial charge in [0.2, 0.25) is 4.96 Å². The second-order valence-electron chi connectivity index (χ2n) is 8.06. The van der Waals surface area contributed by atoms with Gasteiger partial charge in [-0.2, -0.15) is 9.50 Å². The molecule has 0 N–H and O–H groups in total. The lowest BCUT2D eigenvalue weighted by atomic mass is 10.1. The molecule has 6 nitrogen and oxygen atoms in total. The first-order chi connectivity index (χ1) is 16.5. The first-order valence-corrected chi connectivity index (χ1v) is 11.9. The Labute approximate surface area is 203 Å². The van der Waals surface area contributed by atoms with E-state index in [1.54, 1.807) is 11.0 Å². The van der Waals surface area contributed by atoms with Crippen LogP contribution in [0.15, 0.2) is 77.6 Å². The Morgan fingerprint density at radius 3 is 2.38 bits per heavy atom. The van der Waals surface area contributed by atoms with E-state index in [0.717, 1.165) is 27.9 Å². The number of amides is 1. The maximum absolute atomic E-state index is 13.6. The summed E-state index contributed by atoms with van der Waals surface area (Å²) in [4.78, 5) is 33.7. The largest absolute Gasteiger partial charge is 0.303 e. The third-order valence-electron chi connectivity index (χ3n) is 5.98. The van der Waals surface area contributed by atoms with E-state index >= 15 is 0 Å². The maximum Gasteiger partial charge on any atom is 0.291 e. The molecule has 0 radical (unpaired) electrons. The zero-order valence-corrected chi connectivity index (χ0v) is 19.6. The van der Waals surface area contributed by atoms with Crippen molar-refractivity contribution in [3.63, 3.8) is 0 Å². The van der Waals surface area contributed by atoms with Crippen LogP contribution < -0.4 is 15.0 Å². The number of thiazole rings is 1. The van der Waals surface area contributed by atoms with Gasteiger partial charge in [-0.1, -0.05) is 83.6 Å². The third-order valence-corrected chi connectivity index (χ3v) is 7.38. The van der Waals surface area contributed by atoms with Gasteiger partial charge in [-0.3, -0.25) is 9.59 Å². The second-order valence-corrected chi connectivity index (χ2v) is 9.44. The van der Waals surface area contributed by atoms with E-state index in [1.807, 2.05) is 73.7 Å². The van der Waals surface area contributed by atoms with Crippen molar-refractivity contribution >= 4 is 45.1 Å². The third kappa shape index (κ3) is 3.16. The Balaban J connectivity index is 1.51. The zero-order chi connectivity index (χ0) is 23.4. The number of hydrogen-bond donors (Lipinski definition) is 0. The molecule has 8 heteroatoms. The lowest BCUT2D eigenvalue weighted by molar-refractivity contribution is -0.113. The van der Waals surface area contributed by atoms with Gasteiger partial charge in [0.1, 0.15) is 4.53 Å². The van der Waals surface area contributed by atoms with Crippen molar-refractivity contribution in [2.75, 3.05) is 4.90 Å². The average molecular weight is 485 g/mol. The number of rotatable bonds is 3. The van der Waals surface area contributed by atoms with Crippen LogP contribution in [0.3, 0.4) is 0 Å². The van der Waals surface area contributed by atoms with Crippen LogP contribution in [0.1, 0.15) is 16.7 Å². The van der Waals surface area contributed by atoms with Gasteiger partial charge < -0.3 is 4.90 Å². The highest BCUT2D eigenvalue weighted by molar-refractivity contribution is 7.15. The molecule has 0 atom stereocenters. The molecule has 2 aromatic heterocycles. The molecule has 6 rings (SSSR count). The lowest BCUT2D eigenvalue weighted by Gasteiger charge is -2.17. The number of hydrogen-bond acceptors (Lipinski definition) is 5. The summed E-state index contributed by atoms with van der Waals surface area (Å²) in [7, 11) is 0. The van der Waals surface area contributed by atoms with E-state index in [4.69, 9.17) is 11.6 Å². The normalized spacial score (nSPS) is 14.8. The number of fused-ring (bicyclic) bond motifs is 2. The molecule has 0 fully saturated rings. The van der Waals surface area contributed by atoms with Gasteiger partial charge in [0.25, 0.3) is 11.5 Å². The standard InChI is InChI=1S/C26H17ClN4O2S/c1-15-8-2-4-10-17(15)23-28-26-31(29-23)25(33)22(34-26)21-18-11-5-7-13-20(18)30(24(21)32)14-16-9-3-6-12-19(16)27/h2-13H,14H2,1H3/b22-21+. The van der Waals surface area contributed by atoms with Gasteiger partial charge in [0.05, 0.1) is 17.8 Å². The van der Waals surface area contributed by atoms with E-state index in [2.05, 4.69) is 10.1 Å². The second kappa shape index (κ2) is 7.90. The number of carbonyl (C=O) groups is 1. The number of nitrogens with zero attached hydrogens (tertiary/aromatic N) is 4. The summed E-state index contributed by atoms with van der Waals surface area (Å²) in [6, 6.07) is 22.7. The van der Waals surface area contributed by atoms with Crippen molar-refractivity contribution in [3.05, 3.63) is 109 Å². The molecule has 1 aliphatic heterocycles. The summed E-state index contributed by atoms with van der Waals surface area (Å²) in [6.45, 7) is 2.29. The van der Waals surface area contributed by atoms with E-state index in [9.17, 15) is 9.59 Å². The predicted octanol–water partition coefficient (Wildman–Crippen LogP) is 4.24. The van der Waals surface area contributed by atoms with Crippen LogP contribution in [0.2, 0.25) is 5.02 Å². The lowest BCUT2D eigenvalue weighted by Crippen LogP contribution is -2.32. The topological polar surface area (TPSA) is 67.6 Å². The molecule has 166 valence electrons. The Kier molecular flexibility index (Phi) is 4.83. The first kappa shape index (κ1) is 20.8. The minimum absolute atomic E-state index is 0.234. The van der Waals surface area contributed by atoms with Crippen molar-refractivity contribution in [2.45, 2.75) is 13.5 Å². The summed E-state index contributed by atoms with van der Waals surface area (Å²) >= 11 is 7.55. The van der Waals surface area contributed by atoms with Crippen LogP contribution in [-0.2, 0) is 11.3 Å². The molecule has 3 aromatic carbocycles. The molecule has 3 heterocycles. The van der Waals surface area contributed by atoms with Crippen molar-refractivity contribution in [3.8, 4) is 11.4 Å². The van der Waals surface area contributed by atoms with E-state index in [1.165, 1.54) is 15.9 Å². The molecule has 0 spiro atoms. The first-order valence-electron chi connectivity index (χ1n) is 10.7. The molecule has 0 aliphatic carbocycles. The van der Waals surface area contributed by atoms with Crippen molar-refractivity contribution in [1.29, 1.82) is 0 Å². The summed E-state index contributed by atoms with van der Waals surface area (Å²) in [5.41, 5.74) is 4.24. The predicted molar refractivity (Wildman–Crippen MR) is 134 cm³/mol. The Hall–Kier alpha value is -3.81. The number of para-hydroxylation sites is 1. The van der Waals surface area contributed by atoms with Crippen LogP contribution in [0.25, 0.3) is 21.9 Å². The van der Waals surface area contributed by atoms with Crippen molar-refractivity contribution in [2.24, 2.45) is 0 Å². The van der Waals surface area contributed by atoms with Crippen molar-refractivity contribution in [1.82, 2.24) is 14.6 Å². The highest BCUT2D eigenvalue weighted by Gasteiger charge is 2.34. The molecule has 34 heavy (non-hydrogen) atoms. The zero-order valence-electron chi connectivity index (χ0n) is 18.0. The summed E-state index contributed by atoms with van der Waals surface area (Å²) in [5.74, 6) is 0.262. The number of carbonyl (C=O) groups excluding carboxylic acids is 1. The Morgan fingerprint density at radius 1 is 0.912 bits per heavy atom. The highest BCUT2D eigenvalue weighted by Crippen LogP contribution is 2.37. The van der Waals surface area contributed by atoms with E-state index in [-0.39, 0.29) is 11.5 Å². The fourth-order valence-electron chi connectivity index (χ4n) is 4.28. The monoisotopic (exact) mass is 484 g/mol. The van der Waals surface area contributed by atoms with Crippen LogP contribution in [0, 0.1) is 6.92 Å². The molecular formula is C26H17ClN4O2S. The molecule has 0 saturated heterocycles. The van der Waals surface area contributed by atoms with E-state index < -0.39 is 0 Å². The van der Waals surface area contributed by atoms with Crippen LogP contribution in [0.4, 0.5) is 5.69 Å². The van der Waals surface area contributed by atoms with Crippen LogP contribution >= 0.6 is 22.9 Å². The molecule has 5 aromatic rings. The minimum Gasteiger partial charge on any atom is -0.303 e. The van der Waals surface area contributed by atoms with Crippen molar-refractivity contribution < 1.29 is 4.79 Å². The fraction of sp³-hybridized carbons (Fsp3) is 0.0769. The molecule has 1 aliphatic rings. The average Bonchev–Trinajstić information content (AvgIpc) is 3.47. The number of aryl methyl sites for hydroxylation is 1. The van der Waals surface area contributed by atoms with E-state index in [0.29, 0.717) is 32.5 Å². The number of benzene rings is 3.